The number of rotatable bonds is 6. The van der Waals surface area contributed by atoms with E-state index in [1.165, 1.54) is 18.2 Å². The Balaban J connectivity index is 1.99. The van der Waals surface area contributed by atoms with Crippen LogP contribution in [0.2, 0.25) is 0 Å². The predicted molar refractivity (Wildman–Crippen MR) is 99.4 cm³/mol. The number of carboxylic acids is 1. The highest BCUT2D eigenvalue weighted by Gasteiger charge is 2.23. The number of carboxylic acid groups (broad SMARTS) is 1. The van der Waals surface area contributed by atoms with Crippen molar-refractivity contribution >= 4 is 29.1 Å². The molecule has 1 aliphatic rings. The molecule has 0 spiro atoms. The number of carbonyl (C=O) groups is 3. The van der Waals surface area contributed by atoms with Gasteiger partial charge >= 0.3 is 5.97 Å². The zero-order valence-electron chi connectivity index (χ0n) is 15.0. The number of piperidine rings is 1. The molecular weight excluding hydrogens is 367 g/mol. The number of aliphatic hydroxyl groups excluding tert-OH is 1. The van der Waals surface area contributed by atoms with Crippen molar-refractivity contribution in [2.75, 3.05) is 11.4 Å². The fourth-order valence-corrected chi connectivity index (χ4v) is 3.11. The molecule has 2 heterocycles. The van der Waals surface area contributed by atoms with Gasteiger partial charge in [0.2, 0.25) is 5.91 Å². The van der Waals surface area contributed by atoms with Crippen LogP contribution in [-0.2, 0) is 20.9 Å². The maximum atomic E-state index is 13.1. The third-order valence-electron chi connectivity index (χ3n) is 4.52. The monoisotopic (exact) mass is 386 g/mol. The minimum absolute atomic E-state index is 0.0400. The Bertz CT molecular complexity index is 946. The zero-order chi connectivity index (χ0) is 20.3. The van der Waals surface area contributed by atoms with Crippen LogP contribution in [0.5, 0.6) is 0 Å². The van der Waals surface area contributed by atoms with Crippen molar-refractivity contribution in [2.45, 2.75) is 25.8 Å². The maximum Gasteiger partial charge on any atom is 0.376 e. The number of carbonyl (C=O) groups excluding carboxylic acids is 2. The van der Waals surface area contributed by atoms with E-state index in [0.717, 1.165) is 18.4 Å². The lowest BCUT2D eigenvalue weighted by Crippen LogP contribution is -2.34. The lowest BCUT2D eigenvalue weighted by Gasteiger charge is -2.25. The summed E-state index contributed by atoms with van der Waals surface area (Å²) >= 11 is 0. The number of hydrogen-bond acceptors (Lipinski definition) is 4. The lowest BCUT2D eigenvalue weighted by atomic mass is 10.1. The van der Waals surface area contributed by atoms with Crippen molar-refractivity contribution in [1.29, 1.82) is 0 Å². The van der Waals surface area contributed by atoms with Crippen molar-refractivity contribution in [3.8, 4) is 0 Å². The van der Waals surface area contributed by atoms with Gasteiger partial charge in [0.15, 0.2) is 0 Å². The van der Waals surface area contributed by atoms with Crippen LogP contribution in [0, 0.1) is 5.82 Å². The number of hydrogen-bond donors (Lipinski definition) is 2. The Morgan fingerprint density at radius 2 is 1.86 bits per heavy atom. The van der Waals surface area contributed by atoms with Gasteiger partial charge in [0, 0.05) is 31.8 Å². The molecule has 2 aromatic rings. The van der Waals surface area contributed by atoms with Crippen LogP contribution < -0.4 is 4.90 Å². The van der Waals surface area contributed by atoms with E-state index in [4.69, 9.17) is 5.11 Å². The number of anilines is 1. The van der Waals surface area contributed by atoms with Crippen molar-refractivity contribution in [3.05, 3.63) is 59.7 Å². The quantitative estimate of drug-likeness (QED) is 0.452. The minimum atomic E-state index is -1.69. The van der Waals surface area contributed by atoms with E-state index >= 15 is 0 Å². The maximum absolute atomic E-state index is 13.1. The van der Waals surface area contributed by atoms with E-state index in [0.29, 0.717) is 24.7 Å². The molecular formula is C20H19FN2O5. The number of amides is 1. The summed E-state index contributed by atoms with van der Waals surface area (Å²) in [5.74, 6) is -3.89. The molecule has 7 nitrogen and oxygen atoms in total. The van der Waals surface area contributed by atoms with E-state index in [9.17, 15) is 23.9 Å². The molecule has 1 fully saturated rings. The van der Waals surface area contributed by atoms with Gasteiger partial charge in [-0.3, -0.25) is 9.59 Å². The van der Waals surface area contributed by atoms with E-state index < -0.39 is 17.5 Å². The van der Waals surface area contributed by atoms with Gasteiger partial charge in [-0.15, -0.1) is 0 Å². The summed E-state index contributed by atoms with van der Waals surface area (Å²) in [5.41, 5.74) is 1.46. The molecule has 1 aliphatic heterocycles. The summed E-state index contributed by atoms with van der Waals surface area (Å²) in [7, 11) is 0. The molecule has 0 saturated carbocycles. The molecule has 8 heteroatoms. The van der Waals surface area contributed by atoms with E-state index in [-0.39, 0.29) is 24.0 Å². The normalized spacial score (nSPS) is 15.0. The van der Waals surface area contributed by atoms with Crippen LogP contribution in [0.4, 0.5) is 10.1 Å². The van der Waals surface area contributed by atoms with E-state index in [2.05, 4.69) is 0 Å². The Morgan fingerprint density at radius 1 is 1.14 bits per heavy atom. The van der Waals surface area contributed by atoms with Crippen LogP contribution in [0.15, 0.2) is 42.6 Å². The zero-order valence-corrected chi connectivity index (χ0v) is 15.0. The summed E-state index contributed by atoms with van der Waals surface area (Å²) in [6.07, 6.45) is 4.37. The standard InChI is InChI=1S/C20H19FN2O5/c21-14-6-4-13(5-7-14)11-22-12-15(23-8-2-1-3-19(23)26)9-16(22)17(24)10-18(25)20(27)28/h4-7,9-10,12,24H,1-3,8,11H2,(H,27,28). The molecule has 3 rings (SSSR count). The largest absolute Gasteiger partial charge is 0.506 e. The molecule has 0 atom stereocenters. The van der Waals surface area contributed by atoms with Crippen LogP contribution >= 0.6 is 0 Å². The number of halogens is 1. The first kappa shape index (κ1) is 19.3. The molecule has 1 saturated heterocycles. The van der Waals surface area contributed by atoms with Crippen LogP contribution in [0.3, 0.4) is 0 Å². The van der Waals surface area contributed by atoms with Crippen LogP contribution in [0.25, 0.3) is 5.76 Å². The number of ketones is 1. The van der Waals surface area contributed by atoms with Gasteiger partial charge < -0.3 is 19.7 Å². The number of aromatic nitrogens is 1. The van der Waals surface area contributed by atoms with E-state index in [1.54, 1.807) is 27.8 Å². The first-order valence-corrected chi connectivity index (χ1v) is 8.78. The summed E-state index contributed by atoms with van der Waals surface area (Å²) in [6.45, 7) is 0.772. The Labute approximate surface area is 160 Å². The van der Waals surface area contributed by atoms with Gasteiger partial charge in [0.25, 0.3) is 5.78 Å². The third-order valence-corrected chi connectivity index (χ3v) is 4.52. The molecule has 0 radical (unpaired) electrons. The van der Waals surface area contributed by atoms with Crippen molar-refractivity contribution < 1.29 is 29.0 Å². The van der Waals surface area contributed by atoms with Gasteiger partial charge in [0.05, 0.1) is 11.4 Å². The lowest BCUT2D eigenvalue weighted by molar-refractivity contribution is -0.146. The molecule has 0 bridgehead atoms. The summed E-state index contributed by atoms with van der Waals surface area (Å²) < 4.78 is 14.7. The molecule has 0 aliphatic carbocycles. The SMILES string of the molecule is O=C(O)C(=O)C=C(O)c1cc(N2CCCCC2=O)cn1Cc1ccc(F)cc1. The molecule has 1 aromatic heterocycles. The first-order chi connectivity index (χ1) is 13.3. The second-order valence-electron chi connectivity index (χ2n) is 6.54. The number of nitrogens with zero attached hydrogens (tertiary/aromatic N) is 2. The van der Waals surface area contributed by atoms with Gasteiger partial charge in [-0.05, 0) is 36.6 Å². The second kappa shape index (κ2) is 8.08. The topological polar surface area (TPSA) is 99.8 Å². The number of benzene rings is 1. The Hall–Kier alpha value is -3.42. The third kappa shape index (κ3) is 4.28. The highest BCUT2D eigenvalue weighted by atomic mass is 19.1. The molecule has 1 aromatic carbocycles. The fraction of sp³-hybridized carbons (Fsp3) is 0.250. The highest BCUT2D eigenvalue weighted by molar-refractivity contribution is 6.38. The first-order valence-electron chi connectivity index (χ1n) is 8.78. The van der Waals surface area contributed by atoms with Crippen LogP contribution in [0.1, 0.15) is 30.5 Å². The molecule has 28 heavy (non-hydrogen) atoms. The predicted octanol–water partition coefficient (Wildman–Crippen LogP) is 2.75. The summed E-state index contributed by atoms with van der Waals surface area (Å²) in [6, 6.07) is 7.30. The Kier molecular flexibility index (Phi) is 5.58. The molecule has 0 unspecified atom stereocenters. The van der Waals surface area contributed by atoms with Gasteiger partial charge in [-0.2, -0.15) is 0 Å². The minimum Gasteiger partial charge on any atom is -0.506 e. The van der Waals surface area contributed by atoms with E-state index in [1.807, 2.05) is 0 Å². The van der Waals surface area contributed by atoms with Gasteiger partial charge in [-0.1, -0.05) is 12.1 Å². The fourth-order valence-electron chi connectivity index (χ4n) is 3.11. The van der Waals surface area contributed by atoms with Crippen molar-refractivity contribution in [1.82, 2.24) is 4.57 Å². The molecule has 1 amide bonds. The van der Waals surface area contributed by atoms with Gasteiger partial charge in [-0.25, -0.2) is 9.18 Å². The van der Waals surface area contributed by atoms with Crippen molar-refractivity contribution in [2.24, 2.45) is 0 Å². The summed E-state index contributed by atoms with van der Waals surface area (Å²) in [4.78, 5) is 36.0. The van der Waals surface area contributed by atoms with Crippen LogP contribution in [-0.4, -0.2) is 39.0 Å². The summed E-state index contributed by atoms with van der Waals surface area (Å²) in [5, 5.41) is 19.1. The number of aliphatic carboxylic acids is 1. The molecule has 146 valence electrons. The number of aliphatic hydroxyl groups is 1. The smallest absolute Gasteiger partial charge is 0.376 e. The highest BCUT2D eigenvalue weighted by Crippen LogP contribution is 2.27. The second-order valence-corrected chi connectivity index (χ2v) is 6.54. The average molecular weight is 386 g/mol. The Morgan fingerprint density at radius 3 is 2.50 bits per heavy atom. The van der Waals surface area contributed by atoms with Gasteiger partial charge in [0.1, 0.15) is 11.6 Å². The average Bonchev–Trinajstić information content (AvgIpc) is 3.07. The van der Waals surface area contributed by atoms with Crippen molar-refractivity contribution in [3.63, 3.8) is 0 Å². The molecule has 2 N–H and O–H groups in total.